The molecule has 1 fully saturated rings. The van der Waals surface area contributed by atoms with E-state index in [-0.39, 0.29) is 6.61 Å². The Hall–Kier alpha value is -2.09. The summed E-state index contributed by atoms with van der Waals surface area (Å²) in [6.07, 6.45) is 3.82. The van der Waals surface area contributed by atoms with Crippen molar-refractivity contribution in [3.05, 3.63) is 41.2 Å². The Kier molecular flexibility index (Phi) is 7.30. The molecular weight excluding hydrogens is 356 g/mol. The second-order valence-corrected chi connectivity index (χ2v) is 7.65. The van der Waals surface area contributed by atoms with E-state index < -0.39 is 6.10 Å². The summed E-state index contributed by atoms with van der Waals surface area (Å²) in [6.45, 7) is 6.72. The maximum atomic E-state index is 10.2. The van der Waals surface area contributed by atoms with Crippen molar-refractivity contribution in [2.24, 2.45) is 0 Å². The average Bonchev–Trinajstić information content (AvgIpc) is 3.32. The molecule has 1 aromatic heterocycles. The standard InChI is InChI=1S/C21H32N4O3/c1-16-18(11-22-23-16)13-24(2)12-17-6-7-20(21(10-17)27-3)28-15-19(26)14-25-8-4-5-9-25/h6-7,10-11,19,26H,4-5,8-9,12-15H2,1-3H3,(H,22,23)/t19-/m1/s1. The molecule has 0 radical (unpaired) electrons. The van der Waals surface area contributed by atoms with Crippen LogP contribution in [-0.4, -0.2) is 71.6 Å². The molecule has 0 amide bonds. The highest BCUT2D eigenvalue weighted by atomic mass is 16.5. The lowest BCUT2D eigenvalue weighted by Gasteiger charge is -2.21. The van der Waals surface area contributed by atoms with Crippen LogP contribution in [0.5, 0.6) is 11.5 Å². The molecule has 0 bridgehead atoms. The molecule has 7 nitrogen and oxygen atoms in total. The first kappa shape index (κ1) is 20.6. The molecule has 28 heavy (non-hydrogen) atoms. The zero-order valence-corrected chi connectivity index (χ0v) is 17.1. The Balaban J connectivity index is 1.53. The predicted molar refractivity (Wildman–Crippen MR) is 109 cm³/mol. The fraction of sp³-hybridized carbons (Fsp3) is 0.571. The lowest BCUT2D eigenvalue weighted by Crippen LogP contribution is -2.33. The van der Waals surface area contributed by atoms with Gasteiger partial charge in [-0.05, 0) is 57.6 Å². The number of H-pyrrole nitrogens is 1. The largest absolute Gasteiger partial charge is 0.493 e. The molecule has 154 valence electrons. The number of methoxy groups -OCH3 is 1. The summed E-state index contributed by atoms with van der Waals surface area (Å²) in [7, 11) is 3.73. The quantitative estimate of drug-likeness (QED) is 0.650. The SMILES string of the molecule is COc1cc(CN(C)Cc2cn[nH]c2C)ccc1OC[C@H](O)CN1CCCC1. The van der Waals surface area contributed by atoms with E-state index in [1.54, 1.807) is 7.11 Å². The monoisotopic (exact) mass is 388 g/mol. The van der Waals surface area contributed by atoms with Crippen molar-refractivity contribution >= 4 is 0 Å². The van der Waals surface area contributed by atoms with E-state index in [0.717, 1.165) is 37.4 Å². The smallest absolute Gasteiger partial charge is 0.161 e. The number of nitrogens with one attached hydrogen (secondary N) is 1. The summed E-state index contributed by atoms with van der Waals surface area (Å²) < 4.78 is 11.3. The van der Waals surface area contributed by atoms with E-state index in [9.17, 15) is 5.11 Å². The molecular formula is C21H32N4O3. The molecule has 1 atom stereocenters. The molecule has 3 rings (SSSR count). The van der Waals surface area contributed by atoms with E-state index in [2.05, 4.69) is 27.0 Å². The molecule has 1 aliphatic heterocycles. The number of ether oxygens (including phenoxy) is 2. The number of aliphatic hydroxyl groups excluding tert-OH is 1. The minimum atomic E-state index is -0.494. The highest BCUT2D eigenvalue weighted by molar-refractivity contribution is 5.43. The zero-order valence-electron chi connectivity index (χ0n) is 17.1. The number of likely N-dealkylation sites (tertiary alicyclic amines) is 1. The number of benzene rings is 1. The summed E-state index contributed by atoms with van der Waals surface area (Å²) in [4.78, 5) is 4.51. The van der Waals surface area contributed by atoms with Gasteiger partial charge in [0.05, 0.1) is 13.3 Å². The number of nitrogens with zero attached hydrogens (tertiary/aromatic N) is 3. The van der Waals surface area contributed by atoms with Gasteiger partial charge in [-0.3, -0.25) is 10.00 Å². The van der Waals surface area contributed by atoms with Crippen molar-refractivity contribution in [1.29, 1.82) is 0 Å². The van der Waals surface area contributed by atoms with Gasteiger partial charge in [0.15, 0.2) is 11.5 Å². The normalized spacial score (nSPS) is 15.9. The van der Waals surface area contributed by atoms with Crippen molar-refractivity contribution in [1.82, 2.24) is 20.0 Å². The number of aromatic nitrogens is 2. The van der Waals surface area contributed by atoms with Crippen molar-refractivity contribution in [2.45, 2.75) is 39.0 Å². The van der Waals surface area contributed by atoms with Crippen LogP contribution in [0.3, 0.4) is 0 Å². The minimum Gasteiger partial charge on any atom is -0.493 e. The summed E-state index contributed by atoms with van der Waals surface area (Å²) in [6, 6.07) is 5.97. The van der Waals surface area contributed by atoms with Crippen LogP contribution in [0.1, 0.15) is 29.7 Å². The van der Waals surface area contributed by atoms with Crippen LogP contribution in [0, 0.1) is 6.92 Å². The van der Waals surface area contributed by atoms with E-state index in [4.69, 9.17) is 9.47 Å². The maximum absolute atomic E-state index is 10.2. The molecule has 1 aliphatic rings. The molecule has 0 aliphatic carbocycles. The molecule has 1 aromatic carbocycles. The second-order valence-electron chi connectivity index (χ2n) is 7.65. The predicted octanol–water partition coefficient (Wildman–Crippen LogP) is 2.19. The Morgan fingerprint density at radius 1 is 1.25 bits per heavy atom. The molecule has 2 N–H and O–H groups in total. The van der Waals surface area contributed by atoms with Crippen LogP contribution >= 0.6 is 0 Å². The third-order valence-corrected chi connectivity index (χ3v) is 5.15. The van der Waals surface area contributed by atoms with Gasteiger partial charge in [-0.2, -0.15) is 5.10 Å². The highest BCUT2D eigenvalue weighted by Gasteiger charge is 2.17. The van der Waals surface area contributed by atoms with Crippen LogP contribution in [0.2, 0.25) is 0 Å². The number of hydrogen-bond donors (Lipinski definition) is 2. The third kappa shape index (κ3) is 5.70. The third-order valence-electron chi connectivity index (χ3n) is 5.15. The number of aliphatic hydroxyl groups is 1. The van der Waals surface area contributed by atoms with Crippen LogP contribution in [0.25, 0.3) is 0 Å². The Bertz CT molecular complexity index is 743. The van der Waals surface area contributed by atoms with Gasteiger partial charge in [0.25, 0.3) is 0 Å². The van der Waals surface area contributed by atoms with Crippen LogP contribution in [0.4, 0.5) is 0 Å². The number of hydrogen-bond acceptors (Lipinski definition) is 6. The summed E-state index contributed by atoms with van der Waals surface area (Å²) in [5, 5.41) is 17.3. The minimum absolute atomic E-state index is 0.270. The molecule has 0 unspecified atom stereocenters. The molecule has 1 saturated heterocycles. The average molecular weight is 389 g/mol. The van der Waals surface area contributed by atoms with Crippen molar-refractivity contribution in [3.8, 4) is 11.5 Å². The van der Waals surface area contributed by atoms with Gasteiger partial charge in [-0.1, -0.05) is 6.07 Å². The van der Waals surface area contributed by atoms with Gasteiger partial charge in [-0.15, -0.1) is 0 Å². The van der Waals surface area contributed by atoms with E-state index in [1.165, 1.54) is 18.4 Å². The molecule has 7 heteroatoms. The molecule has 0 spiro atoms. The highest BCUT2D eigenvalue weighted by Crippen LogP contribution is 2.29. The van der Waals surface area contributed by atoms with Gasteiger partial charge in [-0.25, -0.2) is 0 Å². The number of aryl methyl sites for hydroxylation is 1. The summed E-state index contributed by atoms with van der Waals surface area (Å²) in [5.74, 6) is 1.36. The lowest BCUT2D eigenvalue weighted by atomic mass is 10.1. The fourth-order valence-corrected chi connectivity index (χ4v) is 3.62. The topological polar surface area (TPSA) is 73.8 Å². The van der Waals surface area contributed by atoms with Crippen LogP contribution in [-0.2, 0) is 13.1 Å². The maximum Gasteiger partial charge on any atom is 0.161 e. The second kappa shape index (κ2) is 9.91. The first-order chi connectivity index (χ1) is 13.5. The van der Waals surface area contributed by atoms with E-state index >= 15 is 0 Å². The van der Waals surface area contributed by atoms with Crippen molar-refractivity contribution in [2.75, 3.05) is 40.4 Å². The Labute approximate surface area is 167 Å². The van der Waals surface area contributed by atoms with Gasteiger partial charge in [0.2, 0.25) is 0 Å². The van der Waals surface area contributed by atoms with E-state index in [0.29, 0.717) is 18.0 Å². The van der Waals surface area contributed by atoms with Gasteiger partial charge >= 0.3 is 0 Å². The van der Waals surface area contributed by atoms with Gasteiger partial charge in [0, 0.05) is 30.9 Å². The Morgan fingerprint density at radius 2 is 2.04 bits per heavy atom. The van der Waals surface area contributed by atoms with Crippen LogP contribution in [0.15, 0.2) is 24.4 Å². The molecule has 0 saturated carbocycles. The van der Waals surface area contributed by atoms with Crippen LogP contribution < -0.4 is 9.47 Å². The number of rotatable bonds is 10. The molecule has 2 heterocycles. The first-order valence-electron chi connectivity index (χ1n) is 9.92. The zero-order chi connectivity index (χ0) is 19.9. The van der Waals surface area contributed by atoms with Crippen molar-refractivity contribution < 1.29 is 14.6 Å². The summed E-state index contributed by atoms with van der Waals surface area (Å²) >= 11 is 0. The first-order valence-corrected chi connectivity index (χ1v) is 9.92. The fourth-order valence-electron chi connectivity index (χ4n) is 3.62. The van der Waals surface area contributed by atoms with Gasteiger partial charge in [0.1, 0.15) is 12.7 Å². The lowest BCUT2D eigenvalue weighted by molar-refractivity contribution is 0.0747. The number of β-amino-alcohol motifs (C(OH)–C–C–N with tert-alkyl or cyclic N) is 1. The number of aromatic amines is 1. The van der Waals surface area contributed by atoms with E-state index in [1.807, 2.05) is 31.3 Å². The summed E-state index contributed by atoms with van der Waals surface area (Å²) in [5.41, 5.74) is 3.44. The van der Waals surface area contributed by atoms with Gasteiger partial charge < -0.3 is 19.5 Å². The Morgan fingerprint density at radius 3 is 2.71 bits per heavy atom. The molecule has 2 aromatic rings. The van der Waals surface area contributed by atoms with Crippen molar-refractivity contribution in [3.63, 3.8) is 0 Å².